The number of carbonyl (C=O) groups excluding carboxylic acids is 2. The van der Waals surface area contributed by atoms with Crippen molar-refractivity contribution >= 4 is 23.3 Å². The lowest BCUT2D eigenvalue weighted by atomic mass is 10.1. The highest BCUT2D eigenvalue weighted by Crippen LogP contribution is 2.22. The maximum absolute atomic E-state index is 12.6. The van der Waals surface area contributed by atoms with Crippen LogP contribution >= 0.6 is 11.3 Å². The summed E-state index contributed by atoms with van der Waals surface area (Å²) in [6.07, 6.45) is 0.390. The summed E-state index contributed by atoms with van der Waals surface area (Å²) in [7, 11) is 3.94. The summed E-state index contributed by atoms with van der Waals surface area (Å²) in [4.78, 5) is 27.1. The number of likely N-dealkylation sites (N-methyl/N-ethyl adjacent to an activating group) is 1. The van der Waals surface area contributed by atoms with Crippen LogP contribution in [0.15, 0.2) is 47.8 Å². The van der Waals surface area contributed by atoms with Gasteiger partial charge in [-0.25, -0.2) is 4.79 Å². The van der Waals surface area contributed by atoms with Crippen molar-refractivity contribution in [3.8, 4) is 0 Å². The zero-order valence-electron chi connectivity index (χ0n) is 14.4. The van der Waals surface area contributed by atoms with E-state index >= 15 is 0 Å². The number of carbonyl (C=O) groups is 2. The van der Waals surface area contributed by atoms with Crippen LogP contribution in [0.3, 0.4) is 0 Å². The highest BCUT2D eigenvalue weighted by Gasteiger charge is 2.22. The van der Waals surface area contributed by atoms with Crippen LogP contribution in [0.4, 0.5) is 4.79 Å². The van der Waals surface area contributed by atoms with Crippen molar-refractivity contribution in [3.63, 3.8) is 0 Å². The van der Waals surface area contributed by atoms with Crippen molar-refractivity contribution in [2.75, 3.05) is 20.6 Å². The van der Waals surface area contributed by atoms with Crippen molar-refractivity contribution in [1.82, 2.24) is 15.5 Å². The molecule has 2 aromatic rings. The number of primary amides is 1. The van der Waals surface area contributed by atoms with Crippen molar-refractivity contribution in [2.45, 2.75) is 18.5 Å². The SMILES string of the molecule is CN(C)[C@H](CNC(=O)[C@H](Cc1ccccc1)NC(N)=O)c1cccs1. The molecule has 1 heterocycles. The van der Waals surface area contributed by atoms with Gasteiger partial charge in [0.15, 0.2) is 0 Å². The van der Waals surface area contributed by atoms with Crippen molar-refractivity contribution in [2.24, 2.45) is 5.73 Å². The standard InChI is InChI=1S/C18H24N4O2S/c1-22(2)15(16-9-6-10-25-16)12-20-17(23)14(21-18(19)24)11-13-7-4-3-5-8-13/h3-10,14-15H,11-12H2,1-2H3,(H,20,23)(H3,19,21,24)/t14-,15+/m0/s1. The Labute approximate surface area is 152 Å². The first-order valence-electron chi connectivity index (χ1n) is 8.05. The van der Waals surface area contributed by atoms with E-state index in [1.54, 1.807) is 11.3 Å². The number of rotatable bonds is 8. The molecule has 134 valence electrons. The Hall–Kier alpha value is -2.38. The van der Waals surface area contributed by atoms with Crippen LogP contribution in [0, 0.1) is 0 Å². The van der Waals surface area contributed by atoms with Gasteiger partial charge in [0.1, 0.15) is 6.04 Å². The van der Waals surface area contributed by atoms with Gasteiger partial charge in [-0.2, -0.15) is 0 Å². The molecule has 7 heteroatoms. The van der Waals surface area contributed by atoms with E-state index in [2.05, 4.69) is 15.5 Å². The number of nitrogens with zero attached hydrogens (tertiary/aromatic N) is 1. The fourth-order valence-electron chi connectivity index (χ4n) is 2.57. The zero-order chi connectivity index (χ0) is 18.2. The Morgan fingerprint density at radius 1 is 1.16 bits per heavy atom. The number of urea groups is 1. The van der Waals surface area contributed by atoms with E-state index in [1.807, 2.05) is 61.9 Å². The fourth-order valence-corrected chi connectivity index (χ4v) is 3.49. The van der Waals surface area contributed by atoms with E-state index in [-0.39, 0.29) is 11.9 Å². The third-order valence-corrected chi connectivity index (χ3v) is 4.85. The first-order chi connectivity index (χ1) is 12.0. The minimum atomic E-state index is -0.710. The van der Waals surface area contributed by atoms with Crippen LogP contribution in [0.2, 0.25) is 0 Å². The molecule has 0 aliphatic heterocycles. The number of hydrogen-bond donors (Lipinski definition) is 3. The van der Waals surface area contributed by atoms with Gasteiger partial charge in [0.2, 0.25) is 5.91 Å². The van der Waals surface area contributed by atoms with E-state index in [0.29, 0.717) is 13.0 Å². The Bertz CT molecular complexity index is 674. The van der Waals surface area contributed by atoms with E-state index in [0.717, 1.165) is 5.56 Å². The van der Waals surface area contributed by atoms with Gasteiger partial charge in [0.25, 0.3) is 0 Å². The highest BCUT2D eigenvalue weighted by molar-refractivity contribution is 7.10. The molecule has 0 saturated carbocycles. The molecule has 0 bridgehead atoms. The Kier molecular flexibility index (Phi) is 6.97. The monoisotopic (exact) mass is 360 g/mol. The van der Waals surface area contributed by atoms with Gasteiger partial charge in [0, 0.05) is 17.8 Å². The smallest absolute Gasteiger partial charge is 0.312 e. The number of benzene rings is 1. The van der Waals surface area contributed by atoms with E-state index in [9.17, 15) is 9.59 Å². The maximum atomic E-state index is 12.6. The summed E-state index contributed by atoms with van der Waals surface area (Å²) in [5.74, 6) is -0.244. The van der Waals surface area contributed by atoms with Gasteiger partial charge in [-0.05, 0) is 31.1 Å². The predicted molar refractivity (Wildman–Crippen MR) is 100 cm³/mol. The van der Waals surface area contributed by atoms with Gasteiger partial charge in [-0.3, -0.25) is 4.79 Å². The molecule has 0 spiro atoms. The predicted octanol–water partition coefficient (Wildman–Crippen LogP) is 1.75. The normalized spacial score (nSPS) is 13.2. The topological polar surface area (TPSA) is 87.5 Å². The summed E-state index contributed by atoms with van der Waals surface area (Å²) < 4.78 is 0. The highest BCUT2D eigenvalue weighted by atomic mass is 32.1. The Balaban J connectivity index is 2.01. The molecule has 2 rings (SSSR count). The van der Waals surface area contributed by atoms with Crippen LogP contribution in [0.1, 0.15) is 16.5 Å². The van der Waals surface area contributed by atoms with Crippen molar-refractivity contribution < 1.29 is 9.59 Å². The van der Waals surface area contributed by atoms with Gasteiger partial charge in [0.05, 0.1) is 6.04 Å². The molecule has 0 saturated heterocycles. The maximum Gasteiger partial charge on any atom is 0.312 e. The molecule has 2 atom stereocenters. The van der Waals surface area contributed by atoms with E-state index < -0.39 is 12.1 Å². The molecular formula is C18H24N4O2S. The van der Waals surface area contributed by atoms with Crippen molar-refractivity contribution in [3.05, 3.63) is 58.3 Å². The van der Waals surface area contributed by atoms with Crippen LogP contribution in [0.5, 0.6) is 0 Å². The summed E-state index contributed by atoms with van der Waals surface area (Å²) in [6, 6.07) is 12.2. The lowest BCUT2D eigenvalue weighted by Crippen LogP contribution is -2.50. The minimum Gasteiger partial charge on any atom is -0.352 e. The third-order valence-electron chi connectivity index (χ3n) is 3.88. The number of nitrogens with two attached hydrogens (primary N) is 1. The molecule has 0 radical (unpaired) electrons. The molecule has 4 N–H and O–H groups in total. The third kappa shape index (κ3) is 5.88. The largest absolute Gasteiger partial charge is 0.352 e. The average Bonchev–Trinajstić information content (AvgIpc) is 3.08. The first kappa shape index (κ1) is 19.0. The average molecular weight is 360 g/mol. The zero-order valence-corrected chi connectivity index (χ0v) is 15.3. The molecule has 0 fully saturated rings. The summed E-state index contributed by atoms with van der Waals surface area (Å²) >= 11 is 1.65. The number of nitrogens with one attached hydrogen (secondary N) is 2. The molecule has 0 unspecified atom stereocenters. The molecular weight excluding hydrogens is 336 g/mol. The van der Waals surface area contributed by atoms with Crippen molar-refractivity contribution in [1.29, 1.82) is 0 Å². The summed E-state index contributed by atoms with van der Waals surface area (Å²) in [6.45, 7) is 0.456. The Morgan fingerprint density at radius 3 is 2.44 bits per heavy atom. The fraction of sp³-hybridized carbons (Fsp3) is 0.333. The molecule has 0 aliphatic carbocycles. The van der Waals surface area contributed by atoms with Crippen LogP contribution < -0.4 is 16.4 Å². The lowest BCUT2D eigenvalue weighted by Gasteiger charge is -2.25. The van der Waals surface area contributed by atoms with Gasteiger partial charge >= 0.3 is 6.03 Å². The quantitative estimate of drug-likeness (QED) is 0.670. The second-order valence-corrected chi connectivity index (χ2v) is 6.97. The minimum absolute atomic E-state index is 0.0786. The second-order valence-electron chi connectivity index (χ2n) is 5.99. The Morgan fingerprint density at radius 2 is 1.88 bits per heavy atom. The number of amides is 3. The molecule has 25 heavy (non-hydrogen) atoms. The van der Waals surface area contributed by atoms with Crippen LogP contribution in [0.25, 0.3) is 0 Å². The number of hydrogen-bond acceptors (Lipinski definition) is 4. The molecule has 6 nitrogen and oxygen atoms in total. The summed E-state index contributed by atoms with van der Waals surface area (Å²) in [5.41, 5.74) is 6.19. The number of thiophene rings is 1. The molecule has 3 amide bonds. The molecule has 1 aromatic carbocycles. The van der Waals surface area contributed by atoms with Crippen LogP contribution in [-0.4, -0.2) is 43.5 Å². The van der Waals surface area contributed by atoms with Gasteiger partial charge in [-0.1, -0.05) is 36.4 Å². The first-order valence-corrected chi connectivity index (χ1v) is 8.92. The second kappa shape index (κ2) is 9.19. The lowest BCUT2D eigenvalue weighted by molar-refractivity contribution is -0.123. The van der Waals surface area contributed by atoms with Gasteiger partial charge in [-0.15, -0.1) is 11.3 Å². The van der Waals surface area contributed by atoms with E-state index in [4.69, 9.17) is 5.73 Å². The molecule has 1 aromatic heterocycles. The van der Waals surface area contributed by atoms with Gasteiger partial charge < -0.3 is 21.3 Å². The molecule has 0 aliphatic rings. The van der Waals surface area contributed by atoms with Crippen LogP contribution in [-0.2, 0) is 11.2 Å². The summed E-state index contributed by atoms with van der Waals surface area (Å²) in [5, 5.41) is 7.48. The van der Waals surface area contributed by atoms with E-state index in [1.165, 1.54) is 4.88 Å².